The van der Waals surface area contributed by atoms with Crippen LogP contribution in [0, 0.1) is 10.1 Å². The topological polar surface area (TPSA) is 125 Å². The lowest BCUT2D eigenvalue weighted by molar-refractivity contribution is -0.384. The van der Waals surface area contributed by atoms with Gasteiger partial charge in [0.15, 0.2) is 0 Å². The number of carbonyl (C=O) groups is 2. The highest BCUT2D eigenvalue weighted by Gasteiger charge is 2.14. The molecule has 0 aliphatic rings. The Kier molecular flexibility index (Phi) is 5.57. The number of rotatable bonds is 7. The second kappa shape index (κ2) is 8.23. The van der Waals surface area contributed by atoms with E-state index in [0.29, 0.717) is 11.6 Å². The number of carbonyl (C=O) groups excluding carboxylic acids is 2. The van der Waals surface area contributed by atoms with Crippen molar-refractivity contribution in [1.82, 2.24) is 10.3 Å². The number of aromatic nitrogens is 1. The van der Waals surface area contributed by atoms with E-state index in [4.69, 9.17) is 9.15 Å². The number of oxazole rings is 1. The molecule has 0 radical (unpaired) electrons. The molecular weight excluding hydrogens is 374 g/mol. The van der Waals surface area contributed by atoms with Gasteiger partial charge in [-0.1, -0.05) is 12.1 Å². The minimum Gasteiger partial charge on any atom is -0.458 e. The predicted molar refractivity (Wildman–Crippen MR) is 95.0 cm³/mol. The van der Waals surface area contributed by atoms with E-state index in [1.54, 1.807) is 0 Å². The van der Waals surface area contributed by atoms with Crippen molar-refractivity contribution in [2.75, 3.05) is 6.54 Å². The number of nitro benzene ring substituents is 1. The van der Waals surface area contributed by atoms with E-state index in [1.165, 1.54) is 35.8 Å². The Hall–Kier alpha value is -3.53. The van der Waals surface area contributed by atoms with Crippen LogP contribution >= 0.6 is 11.3 Å². The lowest BCUT2D eigenvalue weighted by Crippen LogP contribution is -2.30. The van der Waals surface area contributed by atoms with Crippen LogP contribution in [0.15, 0.2) is 52.5 Å². The van der Waals surface area contributed by atoms with E-state index in [2.05, 4.69) is 10.3 Å². The summed E-state index contributed by atoms with van der Waals surface area (Å²) in [5, 5.41) is 15.0. The fourth-order valence-electron chi connectivity index (χ4n) is 2.11. The molecule has 3 aromatic rings. The van der Waals surface area contributed by atoms with E-state index in [1.807, 2.05) is 17.5 Å². The second-order valence-electron chi connectivity index (χ2n) is 5.27. The van der Waals surface area contributed by atoms with Crippen LogP contribution < -0.4 is 5.32 Å². The van der Waals surface area contributed by atoms with Gasteiger partial charge < -0.3 is 14.5 Å². The molecule has 0 bridgehead atoms. The first-order valence-corrected chi connectivity index (χ1v) is 8.57. The third kappa shape index (κ3) is 4.76. The summed E-state index contributed by atoms with van der Waals surface area (Å²) in [6.45, 7) is -0.475. The van der Waals surface area contributed by atoms with E-state index in [-0.39, 0.29) is 24.4 Å². The third-order valence-electron chi connectivity index (χ3n) is 3.38. The number of amides is 1. The molecule has 0 saturated carbocycles. The van der Waals surface area contributed by atoms with Crippen LogP contribution in [0.25, 0.3) is 10.8 Å². The summed E-state index contributed by atoms with van der Waals surface area (Å²) in [7, 11) is 0. The molecule has 2 aromatic heterocycles. The molecule has 2 heterocycles. The number of thiophene rings is 1. The molecule has 10 heteroatoms. The summed E-state index contributed by atoms with van der Waals surface area (Å²) < 4.78 is 10.3. The van der Waals surface area contributed by atoms with Crippen LogP contribution in [-0.2, 0) is 16.1 Å². The van der Waals surface area contributed by atoms with Gasteiger partial charge in [-0.25, -0.2) is 4.98 Å². The molecule has 0 unspecified atom stereocenters. The first-order chi connectivity index (χ1) is 13.0. The molecule has 1 aromatic carbocycles. The quantitative estimate of drug-likeness (QED) is 0.375. The number of ether oxygens (including phenoxy) is 1. The van der Waals surface area contributed by atoms with Gasteiger partial charge in [-0.2, -0.15) is 0 Å². The Morgan fingerprint density at radius 2 is 2.15 bits per heavy atom. The van der Waals surface area contributed by atoms with Crippen molar-refractivity contribution in [1.29, 1.82) is 0 Å². The molecular formula is C17H13N3O6S. The highest BCUT2D eigenvalue weighted by Crippen LogP contribution is 2.23. The van der Waals surface area contributed by atoms with Gasteiger partial charge in [0.05, 0.1) is 9.80 Å². The maximum atomic E-state index is 12.0. The Labute approximate surface area is 156 Å². The van der Waals surface area contributed by atoms with Crippen LogP contribution in [0.2, 0.25) is 0 Å². The summed E-state index contributed by atoms with van der Waals surface area (Å²) in [4.78, 5) is 38.9. The van der Waals surface area contributed by atoms with E-state index in [9.17, 15) is 19.7 Å². The predicted octanol–water partition coefficient (Wildman–Crippen LogP) is 2.78. The maximum Gasteiger partial charge on any atom is 0.325 e. The van der Waals surface area contributed by atoms with Gasteiger partial charge in [-0.3, -0.25) is 19.7 Å². The summed E-state index contributed by atoms with van der Waals surface area (Å²) in [6.07, 6.45) is 1.39. The van der Waals surface area contributed by atoms with Crippen LogP contribution in [0.3, 0.4) is 0 Å². The number of nitrogens with one attached hydrogen (secondary N) is 1. The van der Waals surface area contributed by atoms with Crippen LogP contribution in [-0.4, -0.2) is 28.3 Å². The van der Waals surface area contributed by atoms with Gasteiger partial charge in [0.25, 0.3) is 11.6 Å². The Morgan fingerprint density at radius 3 is 2.89 bits per heavy atom. The second-order valence-corrected chi connectivity index (χ2v) is 6.22. The standard InChI is InChI=1S/C17H13N3O6S/c21-15(8-18-16(22)11-3-1-4-13(7-11)20(23)24)25-9-12-10-26-17(19-12)14-5-2-6-27-14/h1-7,10H,8-9H2,(H,18,22). The Balaban J connectivity index is 1.48. The van der Waals surface area contributed by atoms with Gasteiger partial charge in [0.2, 0.25) is 5.89 Å². The largest absolute Gasteiger partial charge is 0.458 e. The van der Waals surface area contributed by atoms with Crippen molar-refractivity contribution in [3.63, 3.8) is 0 Å². The highest BCUT2D eigenvalue weighted by atomic mass is 32.1. The lowest BCUT2D eigenvalue weighted by atomic mass is 10.2. The normalized spacial score (nSPS) is 10.4. The number of nitrogens with zero attached hydrogens (tertiary/aromatic N) is 2. The molecule has 0 fully saturated rings. The van der Waals surface area contributed by atoms with Gasteiger partial charge in [0, 0.05) is 17.7 Å². The number of esters is 1. The van der Waals surface area contributed by atoms with Crippen LogP contribution in [0.5, 0.6) is 0 Å². The number of non-ortho nitro benzene ring substituents is 1. The minimum atomic E-state index is -0.672. The smallest absolute Gasteiger partial charge is 0.325 e. The van der Waals surface area contributed by atoms with E-state index >= 15 is 0 Å². The van der Waals surface area contributed by atoms with Gasteiger partial charge in [-0.15, -0.1) is 11.3 Å². The molecule has 0 atom stereocenters. The van der Waals surface area contributed by atoms with Crippen molar-refractivity contribution >= 4 is 28.9 Å². The van der Waals surface area contributed by atoms with Crippen molar-refractivity contribution in [2.24, 2.45) is 0 Å². The zero-order valence-electron chi connectivity index (χ0n) is 13.8. The number of nitro groups is 1. The molecule has 1 N–H and O–H groups in total. The Morgan fingerprint density at radius 1 is 1.30 bits per heavy atom. The molecule has 1 amide bonds. The zero-order valence-corrected chi connectivity index (χ0v) is 14.6. The van der Waals surface area contributed by atoms with E-state index in [0.717, 1.165) is 10.9 Å². The zero-order chi connectivity index (χ0) is 19.2. The fourth-order valence-corrected chi connectivity index (χ4v) is 2.76. The number of benzene rings is 1. The average Bonchev–Trinajstić information content (AvgIpc) is 3.35. The molecule has 3 rings (SSSR count). The van der Waals surface area contributed by atoms with Crippen molar-refractivity contribution < 1.29 is 23.7 Å². The van der Waals surface area contributed by atoms with Gasteiger partial charge >= 0.3 is 5.97 Å². The first-order valence-electron chi connectivity index (χ1n) is 7.69. The fraction of sp³-hybridized carbons (Fsp3) is 0.118. The molecule has 0 aliphatic carbocycles. The van der Waals surface area contributed by atoms with Crippen molar-refractivity contribution in [2.45, 2.75) is 6.61 Å². The van der Waals surface area contributed by atoms with Gasteiger partial charge in [-0.05, 0) is 17.5 Å². The molecule has 0 saturated heterocycles. The van der Waals surface area contributed by atoms with Gasteiger partial charge in [0.1, 0.15) is 25.1 Å². The number of hydrogen-bond acceptors (Lipinski definition) is 8. The van der Waals surface area contributed by atoms with Crippen LogP contribution in [0.4, 0.5) is 5.69 Å². The molecule has 27 heavy (non-hydrogen) atoms. The van der Waals surface area contributed by atoms with Crippen molar-refractivity contribution in [3.8, 4) is 10.8 Å². The molecule has 0 spiro atoms. The molecule has 138 valence electrons. The lowest BCUT2D eigenvalue weighted by Gasteiger charge is -2.05. The summed E-state index contributed by atoms with van der Waals surface area (Å²) in [6, 6.07) is 8.93. The minimum absolute atomic E-state index is 0.0779. The molecule has 0 aliphatic heterocycles. The van der Waals surface area contributed by atoms with Crippen molar-refractivity contribution in [3.05, 3.63) is 69.4 Å². The highest BCUT2D eigenvalue weighted by molar-refractivity contribution is 7.13. The maximum absolute atomic E-state index is 12.0. The average molecular weight is 387 g/mol. The summed E-state index contributed by atoms with van der Waals surface area (Å²) in [5.41, 5.74) is 0.309. The summed E-state index contributed by atoms with van der Waals surface area (Å²) >= 11 is 1.47. The Bertz CT molecular complexity index is 967. The first kappa shape index (κ1) is 18.3. The third-order valence-corrected chi connectivity index (χ3v) is 4.24. The van der Waals surface area contributed by atoms with Crippen LogP contribution in [0.1, 0.15) is 16.1 Å². The SMILES string of the molecule is O=C(CNC(=O)c1cccc([N+](=O)[O-])c1)OCc1coc(-c2cccs2)n1. The van der Waals surface area contributed by atoms with E-state index < -0.39 is 16.8 Å². The molecule has 9 nitrogen and oxygen atoms in total. The summed E-state index contributed by atoms with van der Waals surface area (Å²) in [5.74, 6) is -0.846. The number of hydrogen-bond donors (Lipinski definition) is 1. The monoisotopic (exact) mass is 387 g/mol.